The van der Waals surface area contributed by atoms with E-state index in [1.165, 1.54) is 8.70 Å². The standard InChI is InChI=1S/C21H20AsO/c1-22(19-13-7-3-8-14-19,20-15-9-4-10-16-20)17-21(23)18-11-5-2-6-12-18/h2-16H,17H2,1H3. The molecule has 0 saturated heterocycles. The van der Waals surface area contributed by atoms with E-state index in [4.69, 9.17) is 0 Å². The summed E-state index contributed by atoms with van der Waals surface area (Å²) in [5.41, 5.74) is 3.14. The Morgan fingerprint density at radius 1 is 0.696 bits per heavy atom. The Balaban J connectivity index is 2.01. The summed E-state index contributed by atoms with van der Waals surface area (Å²) >= 11 is -2.51. The molecule has 115 valence electrons. The van der Waals surface area contributed by atoms with Crippen LogP contribution >= 0.6 is 0 Å². The van der Waals surface area contributed by atoms with Crippen LogP contribution in [0.4, 0.5) is 0 Å². The quantitative estimate of drug-likeness (QED) is 0.498. The van der Waals surface area contributed by atoms with Gasteiger partial charge in [-0.05, 0) is 0 Å². The number of ketones is 1. The molecule has 0 fully saturated rings. The molecule has 1 radical (unpaired) electrons. The number of carbonyl (C=O) groups excluding carboxylic acids is 1. The molecule has 0 saturated carbocycles. The van der Waals surface area contributed by atoms with Gasteiger partial charge < -0.3 is 0 Å². The van der Waals surface area contributed by atoms with E-state index in [9.17, 15) is 4.79 Å². The third kappa shape index (κ3) is 3.46. The van der Waals surface area contributed by atoms with Crippen molar-refractivity contribution in [1.29, 1.82) is 0 Å². The SMILES string of the molecule is C[As](CC(=O)c1ccccc1)(c1ccccc1)c1ccccc1. The van der Waals surface area contributed by atoms with Gasteiger partial charge in [-0.25, -0.2) is 0 Å². The van der Waals surface area contributed by atoms with Gasteiger partial charge in [-0.3, -0.25) is 0 Å². The molecule has 0 N–H and O–H groups in total. The minimum atomic E-state index is -2.51. The Morgan fingerprint density at radius 3 is 1.52 bits per heavy atom. The Morgan fingerprint density at radius 2 is 1.09 bits per heavy atom. The molecular weight excluding hydrogens is 343 g/mol. The van der Waals surface area contributed by atoms with Gasteiger partial charge >= 0.3 is 140 Å². The molecule has 3 aromatic rings. The number of hydrogen-bond acceptors (Lipinski definition) is 1. The maximum absolute atomic E-state index is 12.8. The van der Waals surface area contributed by atoms with Gasteiger partial charge in [0.05, 0.1) is 0 Å². The Kier molecular flexibility index (Phi) is 4.78. The fraction of sp³-hybridized carbons (Fsp3) is 0.0952. The summed E-state index contributed by atoms with van der Waals surface area (Å²) in [6.07, 6.45) is 0. The van der Waals surface area contributed by atoms with Crippen molar-refractivity contribution >= 4 is 28.0 Å². The van der Waals surface area contributed by atoms with E-state index in [0.717, 1.165) is 5.56 Å². The number of rotatable bonds is 5. The molecule has 0 aliphatic heterocycles. The van der Waals surface area contributed by atoms with Crippen molar-refractivity contribution < 1.29 is 4.79 Å². The number of carbonyl (C=O) groups is 1. The fourth-order valence-electron chi connectivity index (χ4n) is 2.85. The third-order valence-corrected chi connectivity index (χ3v) is 12.2. The summed E-state index contributed by atoms with van der Waals surface area (Å²) in [5.74, 6) is 0.244. The monoisotopic (exact) mass is 363 g/mol. The minimum absolute atomic E-state index is 0.244. The molecule has 1 nitrogen and oxygen atoms in total. The molecule has 0 atom stereocenters. The summed E-state index contributed by atoms with van der Waals surface area (Å²) in [6.45, 7) is 0. The van der Waals surface area contributed by atoms with E-state index >= 15 is 0 Å². The van der Waals surface area contributed by atoms with Crippen LogP contribution in [-0.4, -0.2) is 19.3 Å². The first kappa shape index (κ1) is 15.8. The van der Waals surface area contributed by atoms with Gasteiger partial charge in [-0.15, -0.1) is 0 Å². The van der Waals surface area contributed by atoms with Gasteiger partial charge in [0.1, 0.15) is 0 Å². The predicted octanol–water partition coefficient (Wildman–Crippen LogP) is 3.76. The van der Waals surface area contributed by atoms with E-state index in [1.807, 2.05) is 42.5 Å². The molecule has 2 heteroatoms. The van der Waals surface area contributed by atoms with Gasteiger partial charge in [-0.2, -0.15) is 0 Å². The Bertz CT molecular complexity index is 727. The first-order valence-electron chi connectivity index (χ1n) is 7.75. The van der Waals surface area contributed by atoms with Gasteiger partial charge in [0, 0.05) is 0 Å². The van der Waals surface area contributed by atoms with Crippen LogP contribution in [-0.2, 0) is 0 Å². The van der Waals surface area contributed by atoms with Crippen LogP contribution in [0.5, 0.6) is 0 Å². The van der Waals surface area contributed by atoms with Gasteiger partial charge in [0.2, 0.25) is 0 Å². The van der Waals surface area contributed by atoms with Crippen LogP contribution in [0.2, 0.25) is 10.9 Å². The maximum atomic E-state index is 12.8. The van der Waals surface area contributed by atoms with Crippen molar-refractivity contribution in [2.75, 3.05) is 0 Å². The molecule has 0 bridgehead atoms. The summed E-state index contributed by atoms with van der Waals surface area (Å²) < 4.78 is 2.67. The topological polar surface area (TPSA) is 17.1 Å². The molecule has 0 amide bonds. The Labute approximate surface area is 140 Å². The molecule has 0 heterocycles. The van der Waals surface area contributed by atoms with E-state index in [-0.39, 0.29) is 5.78 Å². The summed E-state index contributed by atoms with van der Waals surface area (Å²) in [6, 6.07) is 30.7. The van der Waals surface area contributed by atoms with Crippen molar-refractivity contribution in [2.24, 2.45) is 0 Å². The van der Waals surface area contributed by atoms with Crippen molar-refractivity contribution in [2.45, 2.75) is 10.9 Å². The molecule has 0 aromatic heterocycles. The molecule has 3 rings (SSSR count). The van der Waals surface area contributed by atoms with Crippen molar-refractivity contribution in [3.63, 3.8) is 0 Å². The molecular formula is C21H20AsO. The number of Topliss-reactive ketones (excluding diaryl/α,β-unsaturated/α-hetero) is 1. The van der Waals surface area contributed by atoms with E-state index in [0.29, 0.717) is 5.21 Å². The first-order chi connectivity index (χ1) is 11.2. The van der Waals surface area contributed by atoms with Crippen LogP contribution in [0.25, 0.3) is 0 Å². The van der Waals surface area contributed by atoms with E-state index in [2.05, 4.69) is 54.2 Å². The first-order valence-corrected chi connectivity index (χ1v) is 12.8. The van der Waals surface area contributed by atoms with Crippen LogP contribution in [0.15, 0.2) is 91.0 Å². The normalized spacial score (nSPS) is 11.2. The second-order valence-electron chi connectivity index (χ2n) is 5.81. The molecule has 0 spiro atoms. The molecule has 3 aromatic carbocycles. The van der Waals surface area contributed by atoms with Gasteiger partial charge in [-0.1, -0.05) is 0 Å². The third-order valence-electron chi connectivity index (χ3n) is 4.21. The van der Waals surface area contributed by atoms with Crippen LogP contribution in [0, 0.1) is 0 Å². The predicted molar refractivity (Wildman–Crippen MR) is 99.3 cm³/mol. The van der Waals surface area contributed by atoms with Crippen LogP contribution in [0.1, 0.15) is 10.4 Å². The molecule has 23 heavy (non-hydrogen) atoms. The molecule has 0 aliphatic rings. The van der Waals surface area contributed by atoms with Gasteiger partial charge in [0.25, 0.3) is 0 Å². The molecule has 0 aliphatic carbocycles. The summed E-state index contributed by atoms with van der Waals surface area (Å²) in [7, 11) is 0. The van der Waals surface area contributed by atoms with E-state index < -0.39 is 13.6 Å². The van der Waals surface area contributed by atoms with Crippen molar-refractivity contribution in [3.8, 4) is 0 Å². The number of hydrogen-bond donors (Lipinski definition) is 0. The zero-order valence-electron chi connectivity index (χ0n) is 13.2. The van der Waals surface area contributed by atoms with Crippen molar-refractivity contribution in [1.82, 2.24) is 0 Å². The second-order valence-corrected chi connectivity index (χ2v) is 13.6. The molecule has 0 unspecified atom stereocenters. The van der Waals surface area contributed by atoms with Gasteiger partial charge in [0.15, 0.2) is 0 Å². The van der Waals surface area contributed by atoms with Crippen LogP contribution in [0.3, 0.4) is 0 Å². The second kappa shape index (κ2) is 6.98. The Hall–Kier alpha value is -2.11. The average Bonchev–Trinajstić information content (AvgIpc) is 2.64. The summed E-state index contributed by atoms with van der Waals surface area (Å²) in [5, 5.41) is 0.621. The van der Waals surface area contributed by atoms with Crippen LogP contribution < -0.4 is 8.70 Å². The van der Waals surface area contributed by atoms with E-state index in [1.54, 1.807) is 0 Å². The average molecular weight is 363 g/mol. The zero-order chi connectivity index (χ0) is 16.1. The number of benzene rings is 3. The fourth-order valence-corrected chi connectivity index (χ4v) is 9.31. The zero-order valence-corrected chi connectivity index (χ0v) is 15.1. The van der Waals surface area contributed by atoms with Crippen molar-refractivity contribution in [3.05, 3.63) is 96.6 Å². The summed E-state index contributed by atoms with van der Waals surface area (Å²) in [4.78, 5) is 12.8.